The second kappa shape index (κ2) is 9.77. The van der Waals surface area contributed by atoms with Crippen LogP contribution in [0, 0.1) is 0 Å². The van der Waals surface area contributed by atoms with Crippen molar-refractivity contribution in [2.45, 2.75) is 11.5 Å². The molecule has 0 unspecified atom stereocenters. The Morgan fingerprint density at radius 1 is 0.632 bits per heavy atom. The van der Waals surface area contributed by atoms with Gasteiger partial charge in [0.1, 0.15) is 0 Å². The van der Waals surface area contributed by atoms with Crippen molar-refractivity contribution < 1.29 is 0 Å². The summed E-state index contributed by atoms with van der Waals surface area (Å²) in [5, 5.41) is 0. The van der Waals surface area contributed by atoms with E-state index in [-0.39, 0.29) is 20.9 Å². The molecule has 0 aliphatic rings. The Morgan fingerprint density at radius 3 is 1.47 bits per heavy atom. The maximum atomic E-state index is 2.22. The molecule has 0 heterocycles. The van der Waals surface area contributed by atoms with Gasteiger partial charge in [0.25, 0.3) is 0 Å². The van der Waals surface area contributed by atoms with Crippen LogP contribution < -0.4 is 0 Å². The average molecular weight is 402 g/mol. The second-order valence-electron chi connectivity index (χ2n) is 4.11. The summed E-state index contributed by atoms with van der Waals surface area (Å²) in [6.07, 6.45) is 0. The van der Waals surface area contributed by atoms with Crippen LogP contribution in [-0.2, 0) is 11.5 Å². The van der Waals surface area contributed by atoms with Crippen molar-refractivity contribution in [1.29, 1.82) is 0 Å². The molecule has 19 heavy (non-hydrogen) atoms. The first kappa shape index (κ1) is 15.3. The summed E-state index contributed by atoms with van der Waals surface area (Å²) in [5.74, 6) is 2.35. The SMILES string of the molecule is c1ccc(CSC[Te]CSCc2ccccc2)cc1. The molecular formula is C16H18S2Te. The van der Waals surface area contributed by atoms with E-state index in [1.165, 1.54) is 30.2 Å². The Balaban J connectivity index is 1.49. The first-order chi connectivity index (χ1) is 9.45. The number of thioether (sulfide) groups is 2. The summed E-state index contributed by atoms with van der Waals surface area (Å²) >= 11 is 4.38. The molecule has 0 aliphatic heterocycles. The predicted octanol–water partition coefficient (Wildman–Crippen LogP) is 4.47. The Kier molecular flexibility index (Phi) is 7.88. The van der Waals surface area contributed by atoms with Crippen molar-refractivity contribution in [1.82, 2.24) is 0 Å². The first-order valence-electron chi connectivity index (χ1n) is 6.26. The van der Waals surface area contributed by atoms with Crippen LogP contribution in [0.3, 0.4) is 0 Å². The summed E-state index contributed by atoms with van der Waals surface area (Å²) in [7, 11) is 0. The van der Waals surface area contributed by atoms with Gasteiger partial charge in [-0.1, -0.05) is 0 Å². The molecule has 2 aromatic rings. The molecule has 100 valence electrons. The van der Waals surface area contributed by atoms with Crippen molar-refractivity contribution in [3.05, 3.63) is 71.8 Å². The van der Waals surface area contributed by atoms with Crippen LogP contribution in [0.2, 0.25) is 0 Å². The Morgan fingerprint density at radius 2 is 1.05 bits per heavy atom. The summed E-state index contributed by atoms with van der Waals surface area (Å²) in [4.78, 5) is 0. The van der Waals surface area contributed by atoms with Gasteiger partial charge >= 0.3 is 135 Å². The summed E-state index contributed by atoms with van der Waals surface area (Å²) in [6, 6.07) is 21.6. The molecule has 0 saturated carbocycles. The zero-order valence-electron chi connectivity index (χ0n) is 10.8. The van der Waals surface area contributed by atoms with Gasteiger partial charge < -0.3 is 0 Å². The van der Waals surface area contributed by atoms with Gasteiger partial charge in [0, 0.05) is 0 Å². The zero-order valence-corrected chi connectivity index (χ0v) is 14.8. The van der Waals surface area contributed by atoms with Crippen LogP contribution in [0.1, 0.15) is 11.1 Å². The van der Waals surface area contributed by atoms with Gasteiger partial charge in [-0.25, -0.2) is 0 Å². The normalized spacial score (nSPS) is 10.5. The third-order valence-electron chi connectivity index (χ3n) is 2.56. The summed E-state index contributed by atoms with van der Waals surface area (Å²) < 4.78 is 2.78. The van der Waals surface area contributed by atoms with Gasteiger partial charge in [-0.2, -0.15) is 0 Å². The average Bonchev–Trinajstić information content (AvgIpc) is 2.48. The van der Waals surface area contributed by atoms with Crippen molar-refractivity contribution in [2.75, 3.05) is 7.60 Å². The topological polar surface area (TPSA) is 0 Å². The molecule has 0 atom stereocenters. The fraction of sp³-hybridized carbons (Fsp3) is 0.250. The monoisotopic (exact) mass is 404 g/mol. The van der Waals surface area contributed by atoms with Crippen LogP contribution in [0.5, 0.6) is 0 Å². The van der Waals surface area contributed by atoms with Crippen LogP contribution in [0.15, 0.2) is 60.7 Å². The fourth-order valence-corrected chi connectivity index (χ4v) is 8.34. The molecule has 0 spiro atoms. The van der Waals surface area contributed by atoms with Gasteiger partial charge in [-0.05, 0) is 0 Å². The van der Waals surface area contributed by atoms with Gasteiger partial charge in [-0.3, -0.25) is 0 Å². The molecule has 0 amide bonds. The van der Waals surface area contributed by atoms with E-state index in [1.54, 1.807) is 0 Å². The Labute approximate surface area is 134 Å². The van der Waals surface area contributed by atoms with Crippen molar-refractivity contribution in [2.24, 2.45) is 0 Å². The third kappa shape index (κ3) is 6.77. The van der Waals surface area contributed by atoms with E-state index in [0.717, 1.165) is 0 Å². The number of rotatable bonds is 8. The molecular weight excluding hydrogens is 384 g/mol. The number of benzene rings is 2. The Bertz CT molecular complexity index is 401. The third-order valence-corrected chi connectivity index (χ3v) is 10.0. The van der Waals surface area contributed by atoms with E-state index in [1.807, 2.05) is 0 Å². The molecule has 0 fully saturated rings. The minimum absolute atomic E-state index is 0.182. The van der Waals surface area contributed by atoms with E-state index in [9.17, 15) is 0 Å². The van der Waals surface area contributed by atoms with Crippen molar-refractivity contribution >= 4 is 44.4 Å². The summed E-state index contributed by atoms with van der Waals surface area (Å²) in [6.45, 7) is 0. The molecule has 0 saturated heterocycles. The van der Waals surface area contributed by atoms with Crippen molar-refractivity contribution in [3.8, 4) is 0 Å². The molecule has 0 bridgehead atoms. The van der Waals surface area contributed by atoms with Crippen LogP contribution in [0.25, 0.3) is 0 Å². The zero-order chi connectivity index (χ0) is 13.2. The van der Waals surface area contributed by atoms with Crippen LogP contribution >= 0.6 is 23.5 Å². The van der Waals surface area contributed by atoms with E-state index in [4.69, 9.17) is 0 Å². The van der Waals surface area contributed by atoms with Crippen LogP contribution in [-0.4, -0.2) is 28.5 Å². The fourth-order valence-electron chi connectivity index (χ4n) is 1.62. The maximum absolute atomic E-state index is 2.22. The van der Waals surface area contributed by atoms with Gasteiger partial charge in [-0.15, -0.1) is 0 Å². The molecule has 2 aromatic carbocycles. The molecule has 0 aliphatic carbocycles. The minimum atomic E-state index is 0.182. The standard InChI is InChI=1S/C16H18S2Te/c1-3-7-15(8-4-1)11-17-13-19-14-18-12-16-9-5-2-6-10-16/h1-10H,11-14H2. The molecule has 2 rings (SSSR count). The second-order valence-corrected chi connectivity index (χ2v) is 11.2. The Hall–Kier alpha value is -0.0704. The van der Waals surface area contributed by atoms with E-state index in [0.29, 0.717) is 0 Å². The van der Waals surface area contributed by atoms with E-state index in [2.05, 4.69) is 84.2 Å². The van der Waals surface area contributed by atoms with E-state index >= 15 is 0 Å². The van der Waals surface area contributed by atoms with Crippen molar-refractivity contribution in [3.63, 3.8) is 0 Å². The predicted molar refractivity (Wildman–Crippen MR) is 91.0 cm³/mol. The molecule has 3 heteroatoms. The van der Waals surface area contributed by atoms with Gasteiger partial charge in [0.15, 0.2) is 0 Å². The van der Waals surface area contributed by atoms with Gasteiger partial charge in [0.05, 0.1) is 0 Å². The van der Waals surface area contributed by atoms with Crippen LogP contribution in [0.4, 0.5) is 0 Å². The number of hydrogen-bond donors (Lipinski definition) is 0. The molecule has 0 nitrogen and oxygen atoms in total. The quantitative estimate of drug-likeness (QED) is 0.472. The van der Waals surface area contributed by atoms with Gasteiger partial charge in [0.2, 0.25) is 0 Å². The first-order valence-corrected chi connectivity index (χ1v) is 11.9. The molecule has 0 N–H and O–H groups in total. The molecule has 0 radical (unpaired) electrons. The molecule has 0 aromatic heterocycles. The number of hydrogen-bond acceptors (Lipinski definition) is 2. The van der Waals surface area contributed by atoms with E-state index < -0.39 is 0 Å². The summed E-state index contributed by atoms with van der Waals surface area (Å²) in [5.41, 5.74) is 2.91.